The Kier molecular flexibility index (Phi) is 20.1. The number of methoxy groups -OCH3 is 2. The van der Waals surface area contributed by atoms with E-state index >= 15 is 0 Å². The third kappa shape index (κ3) is 12.6. The number of rotatable bonds is 15. The topological polar surface area (TPSA) is 244 Å². The van der Waals surface area contributed by atoms with Crippen LogP contribution in [0.3, 0.4) is 0 Å². The van der Waals surface area contributed by atoms with Gasteiger partial charge in [0.25, 0.3) is 0 Å². The molecule has 0 aromatic carbocycles. The molecule has 3 aliphatic rings. The molecule has 3 rings (SSSR count). The van der Waals surface area contributed by atoms with Crippen LogP contribution in [0.15, 0.2) is 0 Å². The summed E-state index contributed by atoms with van der Waals surface area (Å²) in [6.45, 7) is 20.0. The van der Waals surface area contributed by atoms with Crippen LogP contribution in [-0.4, -0.2) is 187 Å². The predicted molar refractivity (Wildman–Crippen MR) is 231 cm³/mol. The third-order valence-corrected chi connectivity index (χ3v) is 15.6. The molecule has 18 nitrogen and oxygen atoms in total. The summed E-state index contributed by atoms with van der Waals surface area (Å²) < 4.78 is 71.0. The molecule has 3 fully saturated rings. The van der Waals surface area contributed by atoms with Crippen molar-refractivity contribution in [2.75, 3.05) is 53.3 Å². The van der Waals surface area contributed by atoms with Gasteiger partial charge in [-0.1, -0.05) is 27.7 Å². The number of carbonyl (C=O) groups is 1. The van der Waals surface area contributed by atoms with E-state index in [4.69, 9.17) is 33.2 Å². The number of hydrogen-bond acceptors (Lipinski definition) is 17. The number of aliphatic hydroxyl groups is 5. The van der Waals surface area contributed by atoms with Gasteiger partial charge in [0, 0.05) is 46.2 Å². The molecule has 18 atom stereocenters. The first-order valence-corrected chi connectivity index (χ1v) is 24.1. The molecule has 3 heterocycles. The van der Waals surface area contributed by atoms with E-state index in [9.17, 15) is 38.7 Å². The lowest BCUT2D eigenvalue weighted by Crippen LogP contribution is -2.70. The smallest absolute Gasteiger partial charge is 0.311 e. The van der Waals surface area contributed by atoms with E-state index in [-0.39, 0.29) is 50.5 Å². The van der Waals surface area contributed by atoms with Crippen LogP contribution in [-0.2, 0) is 48.0 Å². The van der Waals surface area contributed by atoms with Crippen LogP contribution in [0.2, 0.25) is 0 Å². The zero-order valence-corrected chi connectivity index (χ0v) is 40.6. The maximum Gasteiger partial charge on any atom is 0.311 e. The van der Waals surface area contributed by atoms with E-state index in [1.165, 1.54) is 28.2 Å². The fourth-order valence-electron chi connectivity index (χ4n) is 9.59. The summed E-state index contributed by atoms with van der Waals surface area (Å²) in [5.74, 6) is -3.40. The number of carbonyl (C=O) groups excluding carboxylic acids is 1. The fraction of sp³-hybridized carbons (Fsp3) is 0.977. The summed E-state index contributed by atoms with van der Waals surface area (Å²) in [4.78, 5) is 14.4. The van der Waals surface area contributed by atoms with Crippen molar-refractivity contribution >= 4 is 16.0 Å². The Bertz CT molecular complexity index is 1510. The second-order valence-electron chi connectivity index (χ2n) is 19.1. The van der Waals surface area contributed by atoms with E-state index in [0.717, 1.165) is 10.7 Å². The lowest BCUT2D eigenvalue weighted by molar-refractivity contribution is -0.336. The molecular formula is C43H83N3O15S. The van der Waals surface area contributed by atoms with Crippen LogP contribution in [0, 0.1) is 17.8 Å². The molecule has 7 N–H and O–H groups in total. The minimum atomic E-state index is -3.88. The third-order valence-electron chi connectivity index (χ3n) is 13.8. The van der Waals surface area contributed by atoms with Crippen molar-refractivity contribution < 1.29 is 71.9 Å². The van der Waals surface area contributed by atoms with E-state index in [2.05, 4.69) is 10.6 Å². The first-order chi connectivity index (χ1) is 28.7. The van der Waals surface area contributed by atoms with Crippen LogP contribution in [0.25, 0.3) is 0 Å². The SMILES string of the molecule is CCCNC[C@]1(O)[C@H](C)O[C@@H](O[C@H]2[C@H](C)[C@@H](O[C@@H]3O[C@H](C)C[C@H](N(C)S(=O)(=O)CCOC)[C@H]3O)[C@](C)(O)C[C@@H](C)CN[C@H](C)[C@@H](O)[C@](C)(O)[C@@H](CC)OC(=O)[C@@H]2C)C[C@@]1(C)OC. The van der Waals surface area contributed by atoms with Gasteiger partial charge >= 0.3 is 5.97 Å². The Morgan fingerprint density at radius 2 is 1.61 bits per heavy atom. The Labute approximate surface area is 371 Å². The highest BCUT2D eigenvalue weighted by atomic mass is 32.2. The van der Waals surface area contributed by atoms with Crippen molar-refractivity contribution in [1.29, 1.82) is 0 Å². The largest absolute Gasteiger partial charge is 0.459 e. The average Bonchev–Trinajstić information content (AvgIpc) is 3.20. The van der Waals surface area contributed by atoms with Crippen LogP contribution < -0.4 is 10.6 Å². The Morgan fingerprint density at radius 3 is 2.19 bits per heavy atom. The second kappa shape index (κ2) is 22.6. The summed E-state index contributed by atoms with van der Waals surface area (Å²) >= 11 is 0. The monoisotopic (exact) mass is 914 g/mol. The normalized spacial score (nSPS) is 44.7. The van der Waals surface area contributed by atoms with Crippen molar-refractivity contribution in [3.05, 3.63) is 0 Å². The lowest BCUT2D eigenvalue weighted by Gasteiger charge is -2.53. The van der Waals surface area contributed by atoms with Crippen molar-refractivity contribution in [2.45, 2.75) is 198 Å². The number of hydrogen-bond donors (Lipinski definition) is 7. The van der Waals surface area contributed by atoms with Gasteiger partial charge < -0.3 is 69.3 Å². The minimum absolute atomic E-state index is 0.0255. The van der Waals surface area contributed by atoms with Crippen molar-refractivity contribution in [3.8, 4) is 0 Å². The molecular weight excluding hydrogens is 831 g/mol. The fourth-order valence-corrected chi connectivity index (χ4v) is 10.9. The summed E-state index contributed by atoms with van der Waals surface area (Å²) in [5.41, 5.74) is -6.29. The standard InChI is InChI=1S/C43H83N3O15S/c1-15-17-44-24-43(52)30(8)58-33(22-41(43,10)56-14)60-35-27(5)37(61-39-34(47)31(20-26(4)57-39)46(12)62(53,54)19-18-55-13)40(9,50)21-25(3)23-45-29(7)36(48)42(11,51)32(16-2)59-38(49)28(35)6/h25-37,39,44-45,47-48,50-52H,15-24H2,1-14H3/t25-,26-,27+,28-,29-,30+,31+,32-,33+,34-,35+,36-,37-,39+,40-,41-,42-,43+/m1/s1. The molecule has 0 radical (unpaired) electrons. The zero-order valence-electron chi connectivity index (χ0n) is 39.8. The number of nitrogens with one attached hydrogen (secondary N) is 2. The molecule has 0 bridgehead atoms. The summed E-state index contributed by atoms with van der Waals surface area (Å²) in [6, 6.07) is -1.62. The molecule has 0 saturated carbocycles. The van der Waals surface area contributed by atoms with Gasteiger partial charge in [0.15, 0.2) is 12.6 Å². The van der Waals surface area contributed by atoms with Gasteiger partial charge in [-0.25, -0.2) is 8.42 Å². The van der Waals surface area contributed by atoms with Gasteiger partial charge in [-0.2, -0.15) is 4.31 Å². The van der Waals surface area contributed by atoms with Gasteiger partial charge in [0.1, 0.15) is 35.1 Å². The molecule has 0 amide bonds. The van der Waals surface area contributed by atoms with Crippen molar-refractivity contribution in [2.24, 2.45) is 17.8 Å². The van der Waals surface area contributed by atoms with Crippen LogP contribution in [0.1, 0.15) is 108 Å². The van der Waals surface area contributed by atoms with Gasteiger partial charge in [-0.3, -0.25) is 4.79 Å². The number of aliphatic hydroxyl groups excluding tert-OH is 2. The summed E-state index contributed by atoms with van der Waals surface area (Å²) in [7, 11) is 0.414. The van der Waals surface area contributed by atoms with Crippen LogP contribution in [0.5, 0.6) is 0 Å². The first kappa shape index (κ1) is 55.2. The molecule has 0 aliphatic carbocycles. The maximum absolute atomic E-state index is 14.4. The molecule has 0 aromatic rings. The molecule has 3 aliphatic heterocycles. The Balaban J connectivity index is 2.19. The Morgan fingerprint density at radius 1 is 0.968 bits per heavy atom. The molecule has 0 unspecified atom stereocenters. The highest BCUT2D eigenvalue weighted by molar-refractivity contribution is 7.89. The van der Waals surface area contributed by atoms with Crippen molar-refractivity contribution in [1.82, 2.24) is 14.9 Å². The van der Waals surface area contributed by atoms with Gasteiger partial charge in [0.05, 0.1) is 54.3 Å². The van der Waals surface area contributed by atoms with Crippen LogP contribution in [0.4, 0.5) is 0 Å². The van der Waals surface area contributed by atoms with E-state index in [1.54, 1.807) is 55.4 Å². The molecule has 0 aromatic heterocycles. The number of esters is 1. The molecule has 19 heteroatoms. The Hall–Kier alpha value is -1.14. The first-order valence-electron chi connectivity index (χ1n) is 22.5. The number of likely N-dealkylation sites (N-methyl/N-ethyl adjacent to an activating group) is 1. The zero-order chi connectivity index (χ0) is 47.2. The molecule has 3 saturated heterocycles. The second-order valence-corrected chi connectivity index (χ2v) is 21.2. The molecule has 366 valence electrons. The lowest BCUT2D eigenvalue weighted by atomic mass is 9.75. The number of ether oxygens (including phenoxy) is 7. The van der Waals surface area contributed by atoms with Crippen LogP contribution >= 0.6 is 0 Å². The maximum atomic E-state index is 14.4. The van der Waals surface area contributed by atoms with Gasteiger partial charge in [0.2, 0.25) is 10.0 Å². The summed E-state index contributed by atoms with van der Waals surface area (Å²) in [5, 5.41) is 66.3. The molecule has 62 heavy (non-hydrogen) atoms. The highest BCUT2D eigenvalue weighted by Gasteiger charge is 2.58. The molecule has 0 spiro atoms. The highest BCUT2D eigenvalue weighted by Crippen LogP contribution is 2.43. The minimum Gasteiger partial charge on any atom is -0.459 e. The van der Waals surface area contributed by atoms with Gasteiger partial charge in [-0.15, -0.1) is 0 Å². The number of nitrogens with zero attached hydrogens (tertiary/aromatic N) is 1. The van der Waals surface area contributed by atoms with Crippen molar-refractivity contribution in [3.63, 3.8) is 0 Å². The predicted octanol–water partition coefficient (Wildman–Crippen LogP) is 1.27. The average molecular weight is 914 g/mol. The number of cyclic esters (lactones) is 1. The van der Waals surface area contributed by atoms with E-state index in [0.29, 0.717) is 13.1 Å². The van der Waals surface area contributed by atoms with Gasteiger partial charge in [-0.05, 0) is 93.2 Å². The number of sulfonamides is 1. The van der Waals surface area contributed by atoms with E-state index < -0.39 is 118 Å². The quantitative estimate of drug-likeness (QED) is 0.0904. The van der Waals surface area contributed by atoms with E-state index in [1.807, 2.05) is 13.8 Å². The summed E-state index contributed by atoms with van der Waals surface area (Å²) in [6.07, 6.45) is -9.07.